The third-order valence-electron chi connectivity index (χ3n) is 4.36. The molecule has 1 amide bonds. The van der Waals surface area contributed by atoms with Gasteiger partial charge in [0.15, 0.2) is 0 Å². The number of nitrogens with zero attached hydrogens (tertiary/aromatic N) is 2. The van der Waals surface area contributed by atoms with Gasteiger partial charge >= 0.3 is 0 Å². The van der Waals surface area contributed by atoms with E-state index in [1.54, 1.807) is 17.8 Å². The molecule has 0 bridgehead atoms. The molecule has 2 rings (SSSR count). The maximum Gasteiger partial charge on any atom is 0.281 e. The molecule has 0 radical (unpaired) electrons. The number of amides is 1. The number of thioether (sulfide) groups is 1. The van der Waals surface area contributed by atoms with Crippen molar-refractivity contribution in [2.24, 2.45) is 5.92 Å². The summed E-state index contributed by atoms with van der Waals surface area (Å²) in [6, 6.07) is 5.43. The van der Waals surface area contributed by atoms with E-state index in [-0.39, 0.29) is 18.4 Å². The number of hydrogen-bond acceptors (Lipinski definition) is 4. The van der Waals surface area contributed by atoms with Crippen molar-refractivity contribution in [2.75, 3.05) is 39.5 Å². The van der Waals surface area contributed by atoms with Crippen LogP contribution in [0.1, 0.15) is 18.4 Å². The Bertz CT molecular complexity index is 760. The van der Waals surface area contributed by atoms with Crippen molar-refractivity contribution in [1.29, 1.82) is 0 Å². The lowest BCUT2D eigenvalue weighted by Gasteiger charge is -2.32. The topological polar surface area (TPSA) is 69.7 Å². The number of hydrogen-bond donors (Lipinski definition) is 1. The summed E-state index contributed by atoms with van der Waals surface area (Å²) < 4.78 is 27.0. The second-order valence-corrected chi connectivity index (χ2v) is 10.7. The van der Waals surface area contributed by atoms with Crippen LogP contribution in [0.25, 0.3) is 0 Å². The maximum atomic E-state index is 12.4. The van der Waals surface area contributed by atoms with Crippen LogP contribution in [0.4, 0.5) is 0 Å². The first-order valence-electron chi connectivity index (χ1n) is 8.69. The standard InChI is InChI=1S/C17H25Cl2N3O3S2/c1-21(2)27(24,25)22-8-3-4-13(11-22)17(23)20-7-9-26-12-14-5-6-15(18)10-16(14)19/h5-6,10,13H,3-4,7-9,11-12H2,1-2H3,(H,20,23). The van der Waals surface area contributed by atoms with E-state index in [2.05, 4.69) is 5.32 Å². The van der Waals surface area contributed by atoms with Crippen molar-refractivity contribution >= 4 is 51.1 Å². The van der Waals surface area contributed by atoms with Gasteiger partial charge in [-0.3, -0.25) is 4.79 Å². The van der Waals surface area contributed by atoms with Crippen LogP contribution < -0.4 is 5.32 Å². The zero-order chi connectivity index (χ0) is 20.0. The Morgan fingerprint density at radius 3 is 2.78 bits per heavy atom. The summed E-state index contributed by atoms with van der Waals surface area (Å²) in [5.41, 5.74) is 1.01. The third-order valence-corrected chi connectivity index (χ3v) is 7.86. The predicted octanol–water partition coefficient (Wildman–Crippen LogP) is 2.86. The molecular weight excluding hydrogens is 429 g/mol. The van der Waals surface area contributed by atoms with Crippen LogP contribution in [0.3, 0.4) is 0 Å². The SMILES string of the molecule is CN(C)S(=O)(=O)N1CCCC(C(=O)NCCSCc2ccc(Cl)cc2Cl)C1. The normalized spacial score (nSPS) is 18.6. The Morgan fingerprint density at radius 2 is 2.11 bits per heavy atom. The molecule has 6 nitrogen and oxygen atoms in total. The van der Waals surface area contributed by atoms with E-state index in [0.717, 1.165) is 17.1 Å². The molecule has 1 heterocycles. The summed E-state index contributed by atoms with van der Waals surface area (Å²) in [5, 5.41) is 4.17. The molecule has 1 aliphatic heterocycles. The van der Waals surface area contributed by atoms with Gasteiger partial charge in [-0.2, -0.15) is 28.8 Å². The van der Waals surface area contributed by atoms with Gasteiger partial charge in [-0.25, -0.2) is 0 Å². The number of benzene rings is 1. The number of rotatable bonds is 8. The fourth-order valence-electron chi connectivity index (χ4n) is 2.81. The maximum absolute atomic E-state index is 12.4. The van der Waals surface area contributed by atoms with Crippen LogP contribution in [-0.2, 0) is 20.8 Å². The molecule has 0 spiro atoms. The Labute approximate surface area is 175 Å². The summed E-state index contributed by atoms with van der Waals surface area (Å²) in [7, 11) is -0.466. The van der Waals surface area contributed by atoms with Gasteiger partial charge in [0.1, 0.15) is 0 Å². The number of carbonyl (C=O) groups excluding carboxylic acids is 1. The van der Waals surface area contributed by atoms with Gasteiger partial charge in [-0.15, -0.1) is 0 Å². The number of nitrogens with one attached hydrogen (secondary N) is 1. The first-order valence-corrected chi connectivity index (χ1v) is 12.0. The van der Waals surface area contributed by atoms with Crippen LogP contribution in [0.15, 0.2) is 18.2 Å². The summed E-state index contributed by atoms with van der Waals surface area (Å²) in [6.07, 6.45) is 1.40. The molecule has 10 heteroatoms. The molecule has 0 saturated carbocycles. The first kappa shape index (κ1) is 22.8. The highest BCUT2D eigenvalue weighted by atomic mass is 35.5. The van der Waals surface area contributed by atoms with E-state index in [9.17, 15) is 13.2 Å². The van der Waals surface area contributed by atoms with Crippen molar-refractivity contribution in [3.63, 3.8) is 0 Å². The molecule has 1 unspecified atom stereocenters. The van der Waals surface area contributed by atoms with E-state index < -0.39 is 10.2 Å². The quantitative estimate of drug-likeness (QED) is 0.614. The summed E-state index contributed by atoms with van der Waals surface area (Å²) >= 11 is 13.7. The minimum atomic E-state index is -3.47. The summed E-state index contributed by atoms with van der Waals surface area (Å²) in [4.78, 5) is 12.4. The molecule has 0 aromatic heterocycles. The van der Waals surface area contributed by atoms with E-state index in [4.69, 9.17) is 23.2 Å². The van der Waals surface area contributed by atoms with Crippen molar-refractivity contribution in [2.45, 2.75) is 18.6 Å². The monoisotopic (exact) mass is 453 g/mol. The minimum absolute atomic E-state index is 0.0845. The first-order chi connectivity index (χ1) is 12.7. The minimum Gasteiger partial charge on any atom is -0.355 e. The molecule has 1 atom stereocenters. The molecular formula is C17H25Cl2N3O3S2. The highest BCUT2D eigenvalue weighted by Crippen LogP contribution is 2.24. The molecule has 1 aromatic rings. The van der Waals surface area contributed by atoms with Crippen LogP contribution >= 0.6 is 35.0 Å². The smallest absolute Gasteiger partial charge is 0.281 e. The Hall–Kier alpha value is -0.510. The second kappa shape index (κ2) is 10.3. The molecule has 0 aliphatic carbocycles. The van der Waals surface area contributed by atoms with Crippen molar-refractivity contribution < 1.29 is 13.2 Å². The summed E-state index contributed by atoms with van der Waals surface area (Å²) in [6.45, 7) is 1.23. The zero-order valence-corrected chi connectivity index (χ0v) is 18.6. The van der Waals surface area contributed by atoms with Gasteiger partial charge in [0, 0.05) is 55.3 Å². The fraction of sp³-hybridized carbons (Fsp3) is 0.588. The van der Waals surface area contributed by atoms with Gasteiger partial charge in [-0.1, -0.05) is 29.3 Å². The van der Waals surface area contributed by atoms with Crippen molar-refractivity contribution in [1.82, 2.24) is 13.9 Å². The van der Waals surface area contributed by atoms with E-state index in [1.165, 1.54) is 22.7 Å². The Morgan fingerprint density at radius 1 is 1.37 bits per heavy atom. The highest BCUT2D eigenvalue weighted by Gasteiger charge is 2.33. The van der Waals surface area contributed by atoms with Gasteiger partial charge in [-0.05, 0) is 30.5 Å². The van der Waals surface area contributed by atoms with Gasteiger partial charge in [0.25, 0.3) is 10.2 Å². The van der Waals surface area contributed by atoms with Gasteiger partial charge in [0.05, 0.1) is 5.92 Å². The van der Waals surface area contributed by atoms with Gasteiger partial charge in [0.2, 0.25) is 5.91 Å². The van der Waals surface area contributed by atoms with Crippen molar-refractivity contribution in [3.8, 4) is 0 Å². The number of carbonyl (C=O) groups is 1. The average Bonchev–Trinajstić information content (AvgIpc) is 2.62. The number of halogens is 2. The molecule has 27 heavy (non-hydrogen) atoms. The van der Waals surface area contributed by atoms with E-state index in [1.807, 2.05) is 12.1 Å². The Kier molecular flexibility index (Phi) is 8.70. The van der Waals surface area contributed by atoms with Crippen LogP contribution in [0, 0.1) is 5.92 Å². The lowest BCUT2D eigenvalue weighted by molar-refractivity contribution is -0.125. The van der Waals surface area contributed by atoms with Crippen molar-refractivity contribution in [3.05, 3.63) is 33.8 Å². The largest absolute Gasteiger partial charge is 0.355 e. The van der Waals surface area contributed by atoms with E-state index >= 15 is 0 Å². The zero-order valence-electron chi connectivity index (χ0n) is 15.5. The molecule has 1 saturated heterocycles. The van der Waals surface area contributed by atoms with Crippen LogP contribution in [0.5, 0.6) is 0 Å². The molecule has 1 N–H and O–H groups in total. The fourth-order valence-corrected chi connectivity index (χ4v) is 5.42. The molecule has 1 aliphatic rings. The lowest BCUT2D eigenvalue weighted by atomic mass is 9.99. The summed E-state index contributed by atoms with van der Waals surface area (Å²) in [5.74, 6) is 1.10. The Balaban J connectivity index is 1.74. The molecule has 1 aromatic carbocycles. The molecule has 152 valence electrons. The second-order valence-electron chi connectivity index (χ2n) is 6.57. The van der Waals surface area contributed by atoms with E-state index in [0.29, 0.717) is 36.0 Å². The average molecular weight is 454 g/mol. The number of piperidine rings is 1. The molecule has 1 fully saturated rings. The third kappa shape index (κ3) is 6.51. The highest BCUT2D eigenvalue weighted by molar-refractivity contribution is 7.98. The van der Waals surface area contributed by atoms with Crippen LogP contribution in [0.2, 0.25) is 10.0 Å². The van der Waals surface area contributed by atoms with Crippen LogP contribution in [-0.4, -0.2) is 62.4 Å². The lowest BCUT2D eigenvalue weighted by Crippen LogP contribution is -2.49. The van der Waals surface area contributed by atoms with Gasteiger partial charge < -0.3 is 5.32 Å². The predicted molar refractivity (Wildman–Crippen MR) is 113 cm³/mol.